The second-order valence-electron chi connectivity index (χ2n) is 6.92. The first-order valence-corrected chi connectivity index (χ1v) is 9.41. The molecule has 1 atom stereocenters. The molecule has 8 nitrogen and oxygen atoms in total. The van der Waals surface area contributed by atoms with Crippen molar-refractivity contribution in [3.8, 4) is 5.00 Å². The van der Waals surface area contributed by atoms with Crippen molar-refractivity contribution in [1.82, 2.24) is 34.9 Å². The molecular formula is C16H23N7OS. The van der Waals surface area contributed by atoms with Crippen molar-refractivity contribution in [3.63, 3.8) is 0 Å². The van der Waals surface area contributed by atoms with Crippen LogP contribution in [0.15, 0.2) is 6.33 Å². The van der Waals surface area contributed by atoms with Crippen molar-refractivity contribution in [2.45, 2.75) is 19.9 Å². The number of fused-ring (bicyclic) bond motifs is 1. The lowest BCUT2D eigenvalue weighted by Gasteiger charge is -2.46. The van der Waals surface area contributed by atoms with Crippen molar-refractivity contribution >= 4 is 17.2 Å². The predicted octanol–water partition coefficient (Wildman–Crippen LogP) is 0.412. The largest absolute Gasteiger partial charge is 0.336 e. The van der Waals surface area contributed by atoms with Gasteiger partial charge in [0.25, 0.3) is 5.91 Å². The lowest BCUT2D eigenvalue weighted by molar-refractivity contribution is 0.0190. The van der Waals surface area contributed by atoms with Gasteiger partial charge < -0.3 is 9.80 Å². The van der Waals surface area contributed by atoms with E-state index in [1.54, 1.807) is 22.3 Å². The molecule has 0 spiro atoms. The quantitative estimate of drug-likeness (QED) is 0.772. The highest BCUT2D eigenvalue weighted by Gasteiger charge is 2.35. The van der Waals surface area contributed by atoms with E-state index in [-0.39, 0.29) is 5.91 Å². The first-order valence-electron chi connectivity index (χ1n) is 8.60. The van der Waals surface area contributed by atoms with E-state index < -0.39 is 0 Å². The van der Waals surface area contributed by atoms with Crippen molar-refractivity contribution in [1.29, 1.82) is 0 Å². The fourth-order valence-corrected chi connectivity index (χ4v) is 4.79. The summed E-state index contributed by atoms with van der Waals surface area (Å²) < 4.78 is 1.60. The van der Waals surface area contributed by atoms with Crippen LogP contribution in [0.4, 0.5) is 0 Å². The van der Waals surface area contributed by atoms with Gasteiger partial charge in [0.05, 0.1) is 5.56 Å². The molecule has 0 aromatic carbocycles. The number of tetrazole rings is 1. The highest BCUT2D eigenvalue weighted by Crippen LogP contribution is 2.31. The molecule has 0 bridgehead atoms. The van der Waals surface area contributed by atoms with E-state index >= 15 is 0 Å². The summed E-state index contributed by atoms with van der Waals surface area (Å²) in [5, 5.41) is 12.2. The van der Waals surface area contributed by atoms with Crippen LogP contribution in [0.2, 0.25) is 0 Å². The van der Waals surface area contributed by atoms with Gasteiger partial charge in [-0.15, -0.1) is 16.4 Å². The maximum absolute atomic E-state index is 13.3. The second kappa shape index (κ2) is 6.47. The van der Waals surface area contributed by atoms with Crippen LogP contribution in [-0.2, 0) is 0 Å². The molecule has 4 heterocycles. The Morgan fingerprint density at radius 2 is 2.00 bits per heavy atom. The van der Waals surface area contributed by atoms with Gasteiger partial charge in [-0.2, -0.15) is 4.68 Å². The highest BCUT2D eigenvalue weighted by molar-refractivity contribution is 7.15. The number of hydrogen-bond acceptors (Lipinski definition) is 7. The van der Waals surface area contributed by atoms with E-state index in [1.807, 2.05) is 18.7 Å². The number of aryl methyl sites for hydroxylation is 1. The Balaban J connectivity index is 1.61. The van der Waals surface area contributed by atoms with Crippen molar-refractivity contribution in [3.05, 3.63) is 22.3 Å². The number of carbonyl (C=O) groups is 1. The molecule has 0 aliphatic carbocycles. The molecule has 0 radical (unpaired) electrons. The number of amides is 1. The van der Waals surface area contributed by atoms with E-state index in [0.717, 1.165) is 60.3 Å². The fraction of sp³-hybridized carbons (Fsp3) is 0.625. The van der Waals surface area contributed by atoms with E-state index in [4.69, 9.17) is 0 Å². The molecule has 2 aromatic rings. The van der Waals surface area contributed by atoms with E-state index in [1.165, 1.54) is 0 Å². The first-order chi connectivity index (χ1) is 12.0. The predicted molar refractivity (Wildman–Crippen MR) is 95.3 cm³/mol. The number of likely N-dealkylation sites (N-methyl/N-ethyl adjacent to an activating group) is 1. The smallest absolute Gasteiger partial charge is 0.257 e. The van der Waals surface area contributed by atoms with E-state index in [0.29, 0.717) is 6.04 Å². The summed E-state index contributed by atoms with van der Waals surface area (Å²) in [6.45, 7) is 9.79. The molecule has 0 N–H and O–H groups in total. The monoisotopic (exact) mass is 361 g/mol. The Hall–Kier alpha value is -1.84. The van der Waals surface area contributed by atoms with Crippen LogP contribution >= 0.6 is 11.3 Å². The molecule has 1 unspecified atom stereocenters. The van der Waals surface area contributed by atoms with Gasteiger partial charge >= 0.3 is 0 Å². The summed E-state index contributed by atoms with van der Waals surface area (Å²) in [5.74, 6) is 0.0974. The molecule has 2 aliphatic rings. The minimum absolute atomic E-state index is 0.0974. The Kier molecular flexibility index (Phi) is 4.30. The Bertz CT molecular complexity index is 772. The standard InChI is InChI=1S/C16H23N7OS/c1-11-12(2)25-16(23-10-17-18-19-23)14(11)15(24)22-7-6-21-5-4-20(3)8-13(21)9-22/h10,13H,4-9H2,1-3H3. The highest BCUT2D eigenvalue weighted by atomic mass is 32.1. The number of hydrogen-bond donors (Lipinski definition) is 0. The second-order valence-corrected chi connectivity index (χ2v) is 8.12. The van der Waals surface area contributed by atoms with E-state index in [2.05, 4.69) is 32.4 Å². The number of nitrogens with zero attached hydrogens (tertiary/aromatic N) is 7. The van der Waals surface area contributed by atoms with Gasteiger partial charge in [-0.3, -0.25) is 9.69 Å². The van der Waals surface area contributed by atoms with Crippen LogP contribution in [0, 0.1) is 13.8 Å². The number of thiophene rings is 1. The molecule has 4 rings (SSSR count). The van der Waals surface area contributed by atoms with Crippen LogP contribution in [0.1, 0.15) is 20.8 Å². The third-order valence-corrected chi connectivity index (χ3v) is 6.52. The lowest BCUT2D eigenvalue weighted by atomic mass is 10.1. The molecule has 134 valence electrons. The number of carbonyl (C=O) groups excluding carboxylic acids is 1. The van der Waals surface area contributed by atoms with Gasteiger partial charge in [0.1, 0.15) is 11.3 Å². The zero-order valence-corrected chi connectivity index (χ0v) is 15.7. The van der Waals surface area contributed by atoms with Crippen LogP contribution in [0.25, 0.3) is 5.00 Å². The molecule has 2 saturated heterocycles. The number of aromatic nitrogens is 4. The molecule has 1 amide bonds. The minimum atomic E-state index is 0.0974. The van der Waals surface area contributed by atoms with Crippen molar-refractivity contribution in [2.24, 2.45) is 0 Å². The van der Waals surface area contributed by atoms with Gasteiger partial charge in [-0.05, 0) is 36.9 Å². The topological polar surface area (TPSA) is 70.4 Å². The molecular weight excluding hydrogens is 338 g/mol. The molecule has 0 saturated carbocycles. The Morgan fingerprint density at radius 3 is 2.76 bits per heavy atom. The summed E-state index contributed by atoms with van der Waals surface area (Å²) in [6.07, 6.45) is 1.55. The third kappa shape index (κ3) is 2.96. The van der Waals surface area contributed by atoms with Gasteiger partial charge in [0.2, 0.25) is 0 Å². The lowest BCUT2D eigenvalue weighted by Crippen LogP contribution is -2.62. The summed E-state index contributed by atoms with van der Waals surface area (Å²) in [6, 6.07) is 0.424. The molecule has 2 fully saturated rings. The minimum Gasteiger partial charge on any atom is -0.336 e. The van der Waals surface area contributed by atoms with Crippen molar-refractivity contribution < 1.29 is 4.79 Å². The maximum atomic E-state index is 13.3. The molecule has 2 aromatic heterocycles. The summed E-state index contributed by atoms with van der Waals surface area (Å²) in [7, 11) is 2.15. The van der Waals surface area contributed by atoms with Gasteiger partial charge in [0.15, 0.2) is 0 Å². The Labute approximate surface area is 151 Å². The molecule has 25 heavy (non-hydrogen) atoms. The normalized spacial score (nSPS) is 22.2. The molecule has 2 aliphatic heterocycles. The maximum Gasteiger partial charge on any atom is 0.257 e. The number of piperazine rings is 2. The zero-order chi connectivity index (χ0) is 17.6. The summed E-state index contributed by atoms with van der Waals surface area (Å²) in [4.78, 5) is 21.3. The van der Waals surface area contributed by atoms with E-state index in [9.17, 15) is 4.79 Å². The Morgan fingerprint density at radius 1 is 1.20 bits per heavy atom. The summed E-state index contributed by atoms with van der Waals surface area (Å²) >= 11 is 1.57. The van der Waals surface area contributed by atoms with Gasteiger partial charge in [-0.25, -0.2) is 0 Å². The first kappa shape index (κ1) is 16.6. The van der Waals surface area contributed by atoms with Gasteiger partial charge in [-0.1, -0.05) is 0 Å². The van der Waals surface area contributed by atoms with Crippen LogP contribution in [-0.4, -0.2) is 93.2 Å². The van der Waals surface area contributed by atoms with Gasteiger partial charge in [0, 0.05) is 50.2 Å². The third-order valence-electron chi connectivity index (χ3n) is 5.32. The average Bonchev–Trinajstić information content (AvgIpc) is 3.23. The zero-order valence-electron chi connectivity index (χ0n) is 14.8. The molecule has 9 heteroatoms. The van der Waals surface area contributed by atoms with Crippen LogP contribution < -0.4 is 0 Å². The fourth-order valence-electron chi connectivity index (χ4n) is 3.73. The average molecular weight is 361 g/mol. The van der Waals surface area contributed by atoms with Crippen LogP contribution in [0.3, 0.4) is 0 Å². The number of rotatable bonds is 2. The SMILES string of the molecule is Cc1sc(-n2cnnn2)c(C(=O)N2CCN3CCN(C)CC3C2)c1C. The van der Waals surface area contributed by atoms with Crippen molar-refractivity contribution in [2.75, 3.05) is 46.3 Å². The van der Waals surface area contributed by atoms with Crippen LogP contribution in [0.5, 0.6) is 0 Å². The summed E-state index contributed by atoms with van der Waals surface area (Å²) in [5.41, 5.74) is 1.77.